The number of nitrogens with two attached hydrogens (primary N) is 1. The lowest BCUT2D eigenvalue weighted by atomic mass is 10.1. The second kappa shape index (κ2) is 4.74. The fraction of sp³-hybridized carbons (Fsp3) is 0.0833. The molecular formula is C12H10ClN5O. The lowest BCUT2D eigenvalue weighted by Crippen LogP contribution is -1.90. The van der Waals surface area contributed by atoms with Gasteiger partial charge in [0.05, 0.1) is 0 Å². The second-order valence-electron chi connectivity index (χ2n) is 4.03. The monoisotopic (exact) mass is 275 g/mol. The van der Waals surface area contributed by atoms with Gasteiger partial charge in [-0.15, -0.1) is 0 Å². The molecule has 0 spiro atoms. The van der Waals surface area contributed by atoms with Crippen LogP contribution < -0.4 is 5.73 Å². The maximum atomic E-state index is 5.83. The molecule has 0 aliphatic heterocycles. The van der Waals surface area contributed by atoms with Gasteiger partial charge in [0.15, 0.2) is 5.82 Å². The van der Waals surface area contributed by atoms with Crippen molar-refractivity contribution in [1.82, 2.24) is 20.3 Å². The molecule has 0 unspecified atom stereocenters. The van der Waals surface area contributed by atoms with E-state index in [2.05, 4.69) is 20.3 Å². The summed E-state index contributed by atoms with van der Waals surface area (Å²) in [4.78, 5) is 4.27. The summed E-state index contributed by atoms with van der Waals surface area (Å²) in [7, 11) is 0. The van der Waals surface area contributed by atoms with Gasteiger partial charge >= 0.3 is 0 Å². The zero-order chi connectivity index (χ0) is 13.2. The molecule has 1 aromatic carbocycles. The molecule has 7 heteroatoms. The van der Waals surface area contributed by atoms with Gasteiger partial charge in [0.1, 0.15) is 11.5 Å². The van der Waals surface area contributed by atoms with Crippen molar-refractivity contribution in [1.29, 1.82) is 0 Å². The van der Waals surface area contributed by atoms with Crippen LogP contribution in [0.25, 0.3) is 11.6 Å². The highest BCUT2D eigenvalue weighted by Crippen LogP contribution is 2.18. The fourth-order valence-corrected chi connectivity index (χ4v) is 1.79. The van der Waals surface area contributed by atoms with E-state index in [1.807, 2.05) is 24.3 Å². The number of nitrogens with zero attached hydrogens (tertiary/aromatic N) is 3. The first kappa shape index (κ1) is 11.7. The average molecular weight is 276 g/mol. The van der Waals surface area contributed by atoms with Crippen LogP contribution in [0.1, 0.15) is 11.4 Å². The molecule has 3 N–H and O–H groups in total. The van der Waals surface area contributed by atoms with Gasteiger partial charge in [-0.25, -0.2) is 0 Å². The van der Waals surface area contributed by atoms with Gasteiger partial charge in [-0.3, -0.25) is 5.10 Å². The fourth-order valence-electron chi connectivity index (χ4n) is 1.67. The summed E-state index contributed by atoms with van der Waals surface area (Å²) < 4.78 is 5.15. The molecule has 6 nitrogen and oxygen atoms in total. The van der Waals surface area contributed by atoms with Crippen molar-refractivity contribution in [2.24, 2.45) is 0 Å². The Hall–Kier alpha value is -2.34. The first-order valence-corrected chi connectivity index (χ1v) is 5.97. The molecule has 0 aliphatic carbocycles. The maximum Gasteiger partial charge on any atom is 0.276 e. The van der Waals surface area contributed by atoms with Gasteiger partial charge < -0.3 is 10.3 Å². The van der Waals surface area contributed by atoms with Gasteiger partial charge in [0, 0.05) is 17.5 Å². The highest BCUT2D eigenvalue weighted by molar-refractivity contribution is 6.30. The topological polar surface area (TPSA) is 93.6 Å². The van der Waals surface area contributed by atoms with Crippen LogP contribution in [-0.4, -0.2) is 20.3 Å². The zero-order valence-electron chi connectivity index (χ0n) is 9.80. The maximum absolute atomic E-state index is 5.83. The van der Waals surface area contributed by atoms with Gasteiger partial charge in [-0.1, -0.05) is 28.9 Å². The van der Waals surface area contributed by atoms with Crippen LogP contribution in [0.2, 0.25) is 5.02 Å². The standard InChI is InChI=1S/C12H10ClN5O/c13-8-3-1-7(2-4-8)5-11-15-12(19-18-11)9-6-10(14)17-16-9/h1-4,6H,5H2,(H3,14,16,17). The molecule has 3 aromatic rings. The summed E-state index contributed by atoms with van der Waals surface area (Å²) >= 11 is 5.83. The third kappa shape index (κ3) is 2.58. The number of H-pyrrole nitrogens is 1. The Labute approximate surface area is 113 Å². The quantitative estimate of drug-likeness (QED) is 0.765. The third-order valence-electron chi connectivity index (χ3n) is 2.57. The molecule has 0 bridgehead atoms. The summed E-state index contributed by atoms with van der Waals surface area (Å²) in [6, 6.07) is 9.14. The zero-order valence-corrected chi connectivity index (χ0v) is 10.6. The number of nitrogens with one attached hydrogen (secondary N) is 1. The van der Waals surface area contributed by atoms with Crippen LogP contribution in [0.4, 0.5) is 5.82 Å². The number of rotatable bonds is 3. The van der Waals surface area contributed by atoms with Crippen LogP contribution in [0, 0.1) is 0 Å². The van der Waals surface area contributed by atoms with E-state index in [4.69, 9.17) is 21.9 Å². The molecule has 0 aliphatic rings. The summed E-state index contributed by atoms with van der Waals surface area (Å²) in [5.74, 6) is 1.34. The summed E-state index contributed by atoms with van der Waals surface area (Å²) in [6.07, 6.45) is 0.574. The van der Waals surface area contributed by atoms with Crippen LogP contribution >= 0.6 is 11.6 Å². The van der Waals surface area contributed by atoms with Crippen LogP contribution in [0.3, 0.4) is 0 Å². The number of aromatic amines is 1. The molecule has 19 heavy (non-hydrogen) atoms. The van der Waals surface area contributed by atoms with E-state index < -0.39 is 0 Å². The molecule has 0 fully saturated rings. The highest BCUT2D eigenvalue weighted by atomic mass is 35.5. The predicted octanol–water partition coefficient (Wildman–Crippen LogP) is 2.29. The second-order valence-corrected chi connectivity index (χ2v) is 4.46. The number of benzene rings is 1. The Morgan fingerprint density at radius 1 is 1.26 bits per heavy atom. The van der Waals surface area contributed by atoms with Gasteiger partial charge in [-0.2, -0.15) is 10.1 Å². The van der Waals surface area contributed by atoms with E-state index in [1.54, 1.807) is 6.07 Å². The third-order valence-corrected chi connectivity index (χ3v) is 2.82. The largest absolute Gasteiger partial charge is 0.382 e. The van der Waals surface area contributed by atoms with Gasteiger partial charge in [0.2, 0.25) is 0 Å². The number of halogens is 1. The Morgan fingerprint density at radius 2 is 2.05 bits per heavy atom. The Morgan fingerprint density at radius 3 is 2.74 bits per heavy atom. The predicted molar refractivity (Wildman–Crippen MR) is 70.6 cm³/mol. The molecule has 0 atom stereocenters. The van der Waals surface area contributed by atoms with E-state index >= 15 is 0 Å². The Bertz CT molecular complexity index is 688. The highest BCUT2D eigenvalue weighted by Gasteiger charge is 2.11. The van der Waals surface area contributed by atoms with Crippen molar-refractivity contribution < 1.29 is 4.52 Å². The number of nitrogen functional groups attached to an aromatic ring is 1. The molecule has 96 valence electrons. The Balaban J connectivity index is 1.80. The SMILES string of the molecule is Nc1cc(-c2nc(Cc3ccc(Cl)cc3)no2)[nH]n1. The van der Waals surface area contributed by atoms with E-state index in [1.165, 1.54) is 0 Å². The number of aromatic nitrogens is 4. The van der Waals surface area contributed by atoms with Crippen molar-refractivity contribution in [2.75, 3.05) is 5.73 Å². The molecule has 3 rings (SSSR count). The van der Waals surface area contributed by atoms with E-state index in [0.29, 0.717) is 34.7 Å². The van der Waals surface area contributed by atoms with E-state index in [9.17, 15) is 0 Å². The normalized spacial score (nSPS) is 10.8. The molecular weight excluding hydrogens is 266 g/mol. The Kier molecular flexibility index (Phi) is 2.92. The van der Waals surface area contributed by atoms with Crippen LogP contribution in [0.5, 0.6) is 0 Å². The van der Waals surface area contributed by atoms with Crippen LogP contribution in [0.15, 0.2) is 34.9 Å². The molecule has 0 saturated heterocycles. The summed E-state index contributed by atoms with van der Waals surface area (Å²) in [6.45, 7) is 0. The number of anilines is 1. The van der Waals surface area contributed by atoms with Crippen molar-refractivity contribution in [3.63, 3.8) is 0 Å². The first-order valence-electron chi connectivity index (χ1n) is 5.59. The number of hydrogen-bond acceptors (Lipinski definition) is 5. The minimum absolute atomic E-state index is 0.369. The molecule has 0 amide bonds. The van der Waals surface area contributed by atoms with Gasteiger partial charge in [0.25, 0.3) is 5.89 Å². The van der Waals surface area contributed by atoms with Crippen molar-refractivity contribution in [2.45, 2.75) is 6.42 Å². The van der Waals surface area contributed by atoms with E-state index in [0.717, 1.165) is 5.56 Å². The molecule has 0 radical (unpaired) electrons. The van der Waals surface area contributed by atoms with Crippen molar-refractivity contribution in [3.8, 4) is 11.6 Å². The molecule has 0 saturated carbocycles. The minimum Gasteiger partial charge on any atom is -0.382 e. The van der Waals surface area contributed by atoms with Crippen molar-refractivity contribution in [3.05, 3.63) is 46.7 Å². The lowest BCUT2D eigenvalue weighted by molar-refractivity contribution is 0.422. The summed E-state index contributed by atoms with van der Waals surface area (Å²) in [5, 5.41) is 11.1. The number of hydrogen-bond donors (Lipinski definition) is 2. The first-order chi connectivity index (χ1) is 9.20. The van der Waals surface area contributed by atoms with Crippen LogP contribution in [-0.2, 0) is 6.42 Å². The molecule has 2 heterocycles. The summed E-state index contributed by atoms with van der Waals surface area (Å²) in [5.41, 5.74) is 7.18. The molecule has 2 aromatic heterocycles. The van der Waals surface area contributed by atoms with Gasteiger partial charge in [-0.05, 0) is 17.7 Å². The van der Waals surface area contributed by atoms with Crippen molar-refractivity contribution >= 4 is 17.4 Å². The smallest absolute Gasteiger partial charge is 0.276 e. The average Bonchev–Trinajstić information content (AvgIpc) is 3.01. The lowest BCUT2D eigenvalue weighted by Gasteiger charge is -1.95. The minimum atomic E-state index is 0.369. The van der Waals surface area contributed by atoms with E-state index in [-0.39, 0.29) is 0 Å².